The van der Waals surface area contributed by atoms with E-state index in [1.165, 1.54) is 5.56 Å². The van der Waals surface area contributed by atoms with Crippen molar-refractivity contribution in [2.75, 3.05) is 0 Å². The average Bonchev–Trinajstić information content (AvgIpc) is 2.97. The standard InChI is InChI=1S/C15H14N4O/c1-11(12-6-3-2-4-7-12)10-14-17-15(19-20-14)13-8-5-9-16-18-13/h2-9,11H,10H2,1H3/t11-/m0/s1. The first-order valence-corrected chi connectivity index (χ1v) is 6.48. The van der Waals surface area contributed by atoms with Gasteiger partial charge < -0.3 is 4.52 Å². The lowest BCUT2D eigenvalue weighted by Gasteiger charge is -2.07. The molecule has 0 fully saturated rings. The predicted molar refractivity (Wildman–Crippen MR) is 73.9 cm³/mol. The van der Waals surface area contributed by atoms with Gasteiger partial charge in [-0.15, -0.1) is 5.10 Å². The van der Waals surface area contributed by atoms with Crippen LogP contribution in [0.5, 0.6) is 0 Å². The summed E-state index contributed by atoms with van der Waals surface area (Å²) in [5.74, 6) is 1.42. The number of aromatic nitrogens is 4. The molecule has 100 valence electrons. The van der Waals surface area contributed by atoms with Crippen molar-refractivity contribution in [3.63, 3.8) is 0 Å². The minimum Gasteiger partial charge on any atom is -0.339 e. The minimum atomic E-state index is 0.325. The normalized spacial score (nSPS) is 12.2. The van der Waals surface area contributed by atoms with Crippen LogP contribution in [0.1, 0.15) is 24.3 Å². The molecule has 0 radical (unpaired) electrons. The first kappa shape index (κ1) is 12.5. The van der Waals surface area contributed by atoms with Gasteiger partial charge in [-0.25, -0.2) is 0 Å². The Morgan fingerprint density at radius 1 is 1.10 bits per heavy atom. The highest BCUT2D eigenvalue weighted by Gasteiger charge is 2.14. The predicted octanol–water partition coefficient (Wildman–Crippen LogP) is 2.87. The Morgan fingerprint density at radius 2 is 1.95 bits per heavy atom. The smallest absolute Gasteiger partial charge is 0.227 e. The third kappa shape index (κ3) is 2.71. The number of nitrogens with zero attached hydrogens (tertiary/aromatic N) is 4. The van der Waals surface area contributed by atoms with Gasteiger partial charge in [0.05, 0.1) is 0 Å². The lowest BCUT2D eigenvalue weighted by Crippen LogP contribution is -1.98. The van der Waals surface area contributed by atoms with Gasteiger partial charge >= 0.3 is 0 Å². The molecule has 0 bridgehead atoms. The highest BCUT2D eigenvalue weighted by Crippen LogP contribution is 2.20. The number of benzene rings is 1. The van der Waals surface area contributed by atoms with Crippen molar-refractivity contribution >= 4 is 0 Å². The van der Waals surface area contributed by atoms with E-state index in [1.807, 2.05) is 24.3 Å². The fourth-order valence-corrected chi connectivity index (χ4v) is 2.02. The molecule has 0 saturated carbocycles. The minimum absolute atomic E-state index is 0.325. The first-order valence-electron chi connectivity index (χ1n) is 6.48. The van der Waals surface area contributed by atoms with E-state index in [4.69, 9.17) is 4.52 Å². The maximum absolute atomic E-state index is 5.28. The van der Waals surface area contributed by atoms with Crippen LogP contribution < -0.4 is 0 Å². The van der Waals surface area contributed by atoms with E-state index in [0.29, 0.717) is 29.7 Å². The summed E-state index contributed by atoms with van der Waals surface area (Å²) < 4.78 is 5.28. The molecular formula is C15H14N4O. The molecule has 3 aromatic rings. The molecule has 0 unspecified atom stereocenters. The van der Waals surface area contributed by atoms with Gasteiger partial charge in [-0.3, -0.25) is 0 Å². The largest absolute Gasteiger partial charge is 0.339 e. The summed E-state index contributed by atoms with van der Waals surface area (Å²) in [6.45, 7) is 2.14. The van der Waals surface area contributed by atoms with Crippen LogP contribution in [0.2, 0.25) is 0 Å². The molecule has 0 N–H and O–H groups in total. The van der Waals surface area contributed by atoms with Crippen LogP contribution >= 0.6 is 0 Å². The lowest BCUT2D eigenvalue weighted by atomic mass is 9.98. The van der Waals surface area contributed by atoms with Crippen LogP contribution in [0.25, 0.3) is 11.5 Å². The van der Waals surface area contributed by atoms with E-state index in [1.54, 1.807) is 12.3 Å². The van der Waals surface area contributed by atoms with Crippen LogP contribution in [0.4, 0.5) is 0 Å². The Bertz CT molecular complexity index is 667. The van der Waals surface area contributed by atoms with Gasteiger partial charge in [0.1, 0.15) is 5.69 Å². The molecule has 2 heterocycles. The molecule has 0 amide bonds. The summed E-state index contributed by atoms with van der Waals surface area (Å²) in [6.07, 6.45) is 2.32. The van der Waals surface area contributed by atoms with Gasteiger partial charge in [0.15, 0.2) is 0 Å². The van der Waals surface area contributed by atoms with Crippen molar-refractivity contribution in [3.05, 3.63) is 60.1 Å². The molecule has 20 heavy (non-hydrogen) atoms. The summed E-state index contributed by atoms with van der Waals surface area (Å²) in [5, 5.41) is 11.7. The van der Waals surface area contributed by atoms with Crippen LogP contribution in [0.15, 0.2) is 53.2 Å². The maximum atomic E-state index is 5.28. The van der Waals surface area contributed by atoms with Crippen LogP contribution in [-0.4, -0.2) is 20.3 Å². The van der Waals surface area contributed by atoms with Gasteiger partial charge in [-0.2, -0.15) is 10.1 Å². The van der Waals surface area contributed by atoms with Crippen molar-refractivity contribution in [2.24, 2.45) is 0 Å². The molecule has 3 rings (SSSR count). The number of rotatable bonds is 4. The van der Waals surface area contributed by atoms with Crippen molar-refractivity contribution < 1.29 is 4.52 Å². The summed E-state index contributed by atoms with van der Waals surface area (Å²) in [7, 11) is 0. The van der Waals surface area contributed by atoms with Gasteiger partial charge in [0, 0.05) is 12.6 Å². The molecule has 1 aromatic carbocycles. The Hall–Kier alpha value is -2.56. The first-order chi connectivity index (χ1) is 9.83. The van der Waals surface area contributed by atoms with Crippen LogP contribution in [-0.2, 0) is 6.42 Å². The third-order valence-electron chi connectivity index (χ3n) is 3.12. The van der Waals surface area contributed by atoms with Crippen molar-refractivity contribution in [3.8, 4) is 11.5 Å². The quantitative estimate of drug-likeness (QED) is 0.726. The molecule has 5 nitrogen and oxygen atoms in total. The molecule has 5 heteroatoms. The summed E-state index contributed by atoms with van der Waals surface area (Å²) in [6, 6.07) is 13.9. The Balaban J connectivity index is 1.75. The van der Waals surface area contributed by atoms with E-state index in [2.05, 4.69) is 39.4 Å². The summed E-state index contributed by atoms with van der Waals surface area (Å²) in [5.41, 5.74) is 1.88. The lowest BCUT2D eigenvalue weighted by molar-refractivity contribution is 0.372. The highest BCUT2D eigenvalue weighted by molar-refractivity contribution is 5.46. The van der Waals surface area contributed by atoms with Crippen molar-refractivity contribution in [1.82, 2.24) is 20.3 Å². The zero-order chi connectivity index (χ0) is 13.8. The van der Waals surface area contributed by atoms with E-state index in [9.17, 15) is 0 Å². The highest BCUT2D eigenvalue weighted by atomic mass is 16.5. The van der Waals surface area contributed by atoms with Crippen LogP contribution in [0.3, 0.4) is 0 Å². The second kappa shape index (κ2) is 5.61. The molecule has 0 aliphatic carbocycles. The average molecular weight is 266 g/mol. The van der Waals surface area contributed by atoms with Crippen molar-refractivity contribution in [1.29, 1.82) is 0 Å². The second-order valence-electron chi connectivity index (χ2n) is 4.64. The van der Waals surface area contributed by atoms with E-state index >= 15 is 0 Å². The molecule has 0 aliphatic heterocycles. The maximum Gasteiger partial charge on any atom is 0.227 e. The SMILES string of the molecule is C[C@@H](Cc1nc(-c2cccnn2)no1)c1ccccc1. The van der Waals surface area contributed by atoms with Gasteiger partial charge in [-0.1, -0.05) is 42.4 Å². The molecule has 0 saturated heterocycles. The molecular weight excluding hydrogens is 252 g/mol. The summed E-state index contributed by atoms with van der Waals surface area (Å²) in [4.78, 5) is 4.37. The summed E-state index contributed by atoms with van der Waals surface area (Å²) >= 11 is 0. The zero-order valence-electron chi connectivity index (χ0n) is 11.1. The Morgan fingerprint density at radius 3 is 2.70 bits per heavy atom. The molecule has 0 spiro atoms. The Kier molecular flexibility index (Phi) is 3.50. The van der Waals surface area contributed by atoms with E-state index < -0.39 is 0 Å². The molecule has 1 atom stereocenters. The zero-order valence-corrected chi connectivity index (χ0v) is 11.1. The number of hydrogen-bond donors (Lipinski definition) is 0. The van der Waals surface area contributed by atoms with E-state index in [0.717, 1.165) is 0 Å². The fraction of sp³-hybridized carbons (Fsp3) is 0.200. The molecule has 0 aliphatic rings. The topological polar surface area (TPSA) is 64.7 Å². The van der Waals surface area contributed by atoms with Crippen molar-refractivity contribution in [2.45, 2.75) is 19.3 Å². The fourth-order valence-electron chi connectivity index (χ4n) is 2.02. The number of hydrogen-bond acceptors (Lipinski definition) is 5. The third-order valence-corrected chi connectivity index (χ3v) is 3.12. The van der Waals surface area contributed by atoms with Gasteiger partial charge in [0.2, 0.25) is 11.7 Å². The van der Waals surface area contributed by atoms with Gasteiger partial charge in [-0.05, 0) is 23.6 Å². The second-order valence-corrected chi connectivity index (χ2v) is 4.64. The van der Waals surface area contributed by atoms with Gasteiger partial charge in [0.25, 0.3) is 0 Å². The Labute approximate surface area is 116 Å². The van der Waals surface area contributed by atoms with E-state index in [-0.39, 0.29) is 0 Å². The monoisotopic (exact) mass is 266 g/mol. The molecule has 2 aromatic heterocycles. The van der Waals surface area contributed by atoms with Crippen LogP contribution in [0, 0.1) is 0 Å².